The van der Waals surface area contributed by atoms with E-state index in [1.54, 1.807) is 42.6 Å². The van der Waals surface area contributed by atoms with E-state index >= 15 is 0 Å². The Bertz CT molecular complexity index is 1510. The minimum absolute atomic E-state index is 0.0465. The van der Waals surface area contributed by atoms with Crippen LogP contribution in [-0.4, -0.2) is 32.7 Å². The molecule has 1 amide bonds. The summed E-state index contributed by atoms with van der Waals surface area (Å²) in [5, 5.41) is 9.67. The predicted molar refractivity (Wildman–Crippen MR) is 129 cm³/mol. The number of carboxylic acids is 1. The first-order valence-corrected chi connectivity index (χ1v) is 10.5. The molecule has 4 rings (SSSR count). The van der Waals surface area contributed by atoms with Crippen molar-refractivity contribution >= 4 is 23.4 Å². The number of amides is 1. The van der Waals surface area contributed by atoms with Crippen molar-refractivity contribution in [2.45, 2.75) is 6.18 Å². The van der Waals surface area contributed by atoms with Crippen LogP contribution in [0.2, 0.25) is 0 Å². The molecule has 0 fully saturated rings. The van der Waals surface area contributed by atoms with E-state index in [1.165, 1.54) is 35.0 Å². The number of para-hydroxylation sites is 1. The van der Waals surface area contributed by atoms with Gasteiger partial charge in [0.2, 0.25) is 0 Å². The van der Waals surface area contributed by atoms with Gasteiger partial charge in [-0.05, 0) is 42.5 Å². The minimum Gasteiger partial charge on any atom is -0.475 e. The van der Waals surface area contributed by atoms with Crippen molar-refractivity contribution in [1.82, 2.24) is 9.55 Å². The number of ether oxygens (including phenoxy) is 1. The van der Waals surface area contributed by atoms with E-state index in [0.29, 0.717) is 11.4 Å². The molecule has 38 heavy (non-hydrogen) atoms. The van der Waals surface area contributed by atoms with Crippen molar-refractivity contribution in [3.05, 3.63) is 107 Å². The highest BCUT2D eigenvalue weighted by Gasteiger charge is 2.38. The van der Waals surface area contributed by atoms with E-state index in [0.717, 1.165) is 6.07 Å². The lowest BCUT2D eigenvalue weighted by atomic mass is 10.2. The van der Waals surface area contributed by atoms with Gasteiger partial charge >= 0.3 is 12.1 Å². The lowest BCUT2D eigenvalue weighted by Gasteiger charge is -2.11. The predicted octanol–water partition coefficient (Wildman–Crippen LogP) is 4.63. The first-order chi connectivity index (χ1) is 18.0. The average Bonchev–Trinajstić information content (AvgIpc) is 2.86. The summed E-state index contributed by atoms with van der Waals surface area (Å²) in [6.07, 6.45) is -2.06. The Labute approximate surface area is 211 Å². The Morgan fingerprint density at radius 3 is 2.29 bits per heavy atom. The molecule has 0 aliphatic rings. The van der Waals surface area contributed by atoms with Gasteiger partial charge in [-0.15, -0.1) is 0 Å². The van der Waals surface area contributed by atoms with Crippen LogP contribution in [-0.2, 0) is 4.79 Å². The molecule has 0 bridgehead atoms. The molecule has 2 aromatic heterocycles. The number of pyridine rings is 2. The molecule has 0 atom stereocenters. The van der Waals surface area contributed by atoms with Gasteiger partial charge in [-0.2, -0.15) is 13.2 Å². The molecule has 0 aliphatic heterocycles. The van der Waals surface area contributed by atoms with Crippen molar-refractivity contribution in [3.63, 3.8) is 0 Å². The molecule has 4 N–H and O–H groups in total. The summed E-state index contributed by atoms with van der Waals surface area (Å²) >= 11 is 0. The molecule has 0 aliphatic carbocycles. The first-order valence-electron chi connectivity index (χ1n) is 10.5. The van der Waals surface area contributed by atoms with Crippen LogP contribution in [0.4, 0.5) is 29.1 Å². The van der Waals surface area contributed by atoms with Crippen molar-refractivity contribution in [2.24, 2.45) is 0 Å². The fourth-order valence-corrected chi connectivity index (χ4v) is 2.94. The lowest BCUT2D eigenvalue weighted by Crippen LogP contribution is -2.27. The Kier molecular flexibility index (Phi) is 8.43. The summed E-state index contributed by atoms with van der Waals surface area (Å²) in [4.78, 5) is 38.1. The van der Waals surface area contributed by atoms with E-state index in [1.807, 2.05) is 6.07 Å². The highest BCUT2D eigenvalue weighted by atomic mass is 19.4. The number of carbonyl (C=O) groups excluding carboxylic acids is 1. The second-order valence-electron chi connectivity index (χ2n) is 7.35. The molecule has 9 nitrogen and oxygen atoms in total. The van der Waals surface area contributed by atoms with Crippen LogP contribution in [0.3, 0.4) is 0 Å². The number of anilines is 2. The molecule has 0 saturated carbocycles. The Morgan fingerprint density at radius 1 is 1.00 bits per heavy atom. The molecular weight excluding hydrogens is 512 g/mol. The van der Waals surface area contributed by atoms with E-state index < -0.39 is 29.4 Å². The van der Waals surface area contributed by atoms with Gasteiger partial charge in [0.15, 0.2) is 11.6 Å². The van der Waals surface area contributed by atoms with Crippen molar-refractivity contribution in [1.29, 1.82) is 0 Å². The van der Waals surface area contributed by atoms with Gasteiger partial charge in [-0.1, -0.05) is 18.2 Å². The maximum Gasteiger partial charge on any atom is 0.490 e. The summed E-state index contributed by atoms with van der Waals surface area (Å²) in [7, 11) is 0. The zero-order valence-corrected chi connectivity index (χ0v) is 19.1. The SMILES string of the molecule is Nc1cc(Oc2ccc(NC(=O)c3cccn(-c4ccccc4)c3=O)cc2F)ccn1.O=C(O)C(F)(F)F. The van der Waals surface area contributed by atoms with E-state index in [4.69, 9.17) is 20.4 Å². The smallest absolute Gasteiger partial charge is 0.475 e. The van der Waals surface area contributed by atoms with E-state index in [2.05, 4.69) is 10.3 Å². The van der Waals surface area contributed by atoms with E-state index in [-0.39, 0.29) is 22.8 Å². The van der Waals surface area contributed by atoms with Crippen LogP contribution in [0.5, 0.6) is 11.5 Å². The van der Waals surface area contributed by atoms with Gasteiger partial charge < -0.3 is 20.9 Å². The highest BCUT2D eigenvalue weighted by molar-refractivity contribution is 6.04. The Hall–Kier alpha value is -5.20. The van der Waals surface area contributed by atoms with Gasteiger partial charge in [-0.25, -0.2) is 14.2 Å². The van der Waals surface area contributed by atoms with Crippen LogP contribution < -0.4 is 21.3 Å². The number of alkyl halides is 3. The molecule has 4 aromatic rings. The third kappa shape index (κ3) is 7.16. The second-order valence-corrected chi connectivity index (χ2v) is 7.35. The maximum absolute atomic E-state index is 14.5. The third-order valence-electron chi connectivity index (χ3n) is 4.64. The number of nitrogens with two attached hydrogens (primary N) is 1. The number of aromatic nitrogens is 2. The summed E-state index contributed by atoms with van der Waals surface area (Å²) in [6, 6.07) is 18.9. The summed E-state index contributed by atoms with van der Waals surface area (Å²) in [6.45, 7) is 0. The fourth-order valence-electron chi connectivity index (χ4n) is 2.94. The number of carbonyl (C=O) groups is 2. The number of rotatable bonds is 5. The van der Waals surface area contributed by atoms with Crippen molar-refractivity contribution < 1.29 is 37.0 Å². The topological polar surface area (TPSA) is 137 Å². The zero-order valence-electron chi connectivity index (χ0n) is 19.1. The lowest BCUT2D eigenvalue weighted by molar-refractivity contribution is -0.192. The van der Waals surface area contributed by atoms with Gasteiger partial charge in [0.1, 0.15) is 17.1 Å². The van der Waals surface area contributed by atoms with Crippen LogP contribution >= 0.6 is 0 Å². The zero-order chi connectivity index (χ0) is 27.9. The number of hydrogen-bond acceptors (Lipinski definition) is 6. The number of nitrogens with one attached hydrogen (secondary N) is 1. The van der Waals surface area contributed by atoms with Crippen LogP contribution in [0.25, 0.3) is 5.69 Å². The number of nitrogens with zero attached hydrogens (tertiary/aromatic N) is 2. The molecule has 2 heterocycles. The summed E-state index contributed by atoms with van der Waals surface area (Å²) < 4.78 is 53.0. The van der Waals surface area contributed by atoms with Crippen LogP contribution in [0.15, 0.2) is 90.0 Å². The average molecular weight is 530 g/mol. The van der Waals surface area contributed by atoms with Crippen molar-refractivity contribution in [2.75, 3.05) is 11.1 Å². The molecular formula is C25H18F4N4O5. The Balaban J connectivity index is 0.000000505. The number of halogens is 4. The summed E-state index contributed by atoms with van der Waals surface area (Å²) in [5.74, 6) is -3.57. The number of carboxylic acid groups (broad SMARTS) is 1. The minimum atomic E-state index is -5.08. The normalized spacial score (nSPS) is 10.6. The number of benzene rings is 2. The molecule has 0 radical (unpaired) electrons. The molecule has 0 saturated heterocycles. The van der Waals surface area contributed by atoms with Crippen LogP contribution in [0.1, 0.15) is 10.4 Å². The molecule has 13 heteroatoms. The number of aliphatic carboxylic acids is 1. The van der Waals surface area contributed by atoms with Gasteiger partial charge in [0.25, 0.3) is 11.5 Å². The molecule has 2 aromatic carbocycles. The highest BCUT2D eigenvalue weighted by Crippen LogP contribution is 2.27. The number of nitrogen functional groups attached to an aromatic ring is 1. The second kappa shape index (κ2) is 11.7. The summed E-state index contributed by atoms with van der Waals surface area (Å²) in [5.41, 5.74) is 5.84. The van der Waals surface area contributed by atoms with E-state index in [9.17, 15) is 27.2 Å². The number of hydrogen-bond donors (Lipinski definition) is 3. The standard InChI is InChI=1S/C23H17FN4O3.C2HF3O2/c24-19-13-15(8-9-20(19)31-17-10-11-26-21(25)14-17)27-22(29)18-7-4-12-28(23(18)30)16-5-2-1-3-6-16;3-2(4,5)1(6)7/h1-14H,(H2,25,26)(H,27,29);(H,6,7). The molecule has 0 unspecified atom stereocenters. The Morgan fingerprint density at radius 2 is 1.68 bits per heavy atom. The van der Waals surface area contributed by atoms with Gasteiger partial charge in [0, 0.05) is 35.9 Å². The maximum atomic E-state index is 14.5. The van der Waals surface area contributed by atoms with Crippen LogP contribution in [0, 0.1) is 5.82 Å². The monoisotopic (exact) mass is 530 g/mol. The third-order valence-corrected chi connectivity index (χ3v) is 4.64. The molecule has 0 spiro atoms. The molecule has 196 valence electrons. The fraction of sp³-hybridized carbons (Fsp3) is 0.0400. The quantitative estimate of drug-likeness (QED) is 0.320. The first kappa shape index (κ1) is 27.4. The van der Waals surface area contributed by atoms with Crippen molar-refractivity contribution in [3.8, 4) is 17.2 Å². The largest absolute Gasteiger partial charge is 0.490 e. The van der Waals surface area contributed by atoms with Gasteiger partial charge in [-0.3, -0.25) is 14.2 Å². The van der Waals surface area contributed by atoms with Gasteiger partial charge in [0.05, 0.1) is 0 Å².